The van der Waals surface area contributed by atoms with Crippen LogP contribution < -0.4 is 5.32 Å². The third kappa shape index (κ3) is 1.19. The molecule has 0 radical (unpaired) electrons. The summed E-state index contributed by atoms with van der Waals surface area (Å²) >= 11 is 0. The van der Waals surface area contributed by atoms with E-state index in [1.165, 1.54) is 25.1 Å². The first-order valence-electron chi connectivity index (χ1n) is 3.57. The molecule has 0 aromatic carbocycles. The van der Waals surface area contributed by atoms with Crippen LogP contribution in [-0.4, -0.2) is 6.54 Å². The molecule has 1 unspecified atom stereocenters. The summed E-state index contributed by atoms with van der Waals surface area (Å²) in [6.07, 6.45) is 9.17. The molecule has 1 N–H and O–H groups in total. The number of rotatable bonds is 0. The van der Waals surface area contributed by atoms with Gasteiger partial charge in [-0.15, -0.1) is 12.4 Å². The molecule has 10 heavy (non-hydrogen) atoms. The average Bonchev–Trinajstić information content (AvgIpc) is 2.33. The molecule has 0 aromatic heterocycles. The van der Waals surface area contributed by atoms with E-state index in [0.717, 1.165) is 5.92 Å². The van der Waals surface area contributed by atoms with Gasteiger partial charge in [0.2, 0.25) is 0 Å². The summed E-state index contributed by atoms with van der Waals surface area (Å²) in [4.78, 5) is 0. The monoisotopic (exact) mass is 157 g/mol. The van der Waals surface area contributed by atoms with Crippen LogP contribution in [0.5, 0.6) is 0 Å². The van der Waals surface area contributed by atoms with Gasteiger partial charge in [-0.05, 0) is 18.9 Å². The first kappa shape index (κ1) is 7.67. The van der Waals surface area contributed by atoms with Crippen LogP contribution in [0.3, 0.4) is 0 Å². The van der Waals surface area contributed by atoms with Crippen molar-refractivity contribution in [3.8, 4) is 0 Å². The molecular formula is C8H12ClN. The number of nitrogens with one attached hydrogen (secondary N) is 1. The summed E-state index contributed by atoms with van der Waals surface area (Å²) in [5.74, 6) is 0.829. The van der Waals surface area contributed by atoms with E-state index in [2.05, 4.69) is 23.5 Å². The lowest BCUT2D eigenvalue weighted by Crippen LogP contribution is -2.07. The molecule has 2 aliphatic rings. The highest BCUT2D eigenvalue weighted by Gasteiger charge is 2.19. The molecule has 1 nitrogen and oxygen atoms in total. The van der Waals surface area contributed by atoms with Crippen molar-refractivity contribution < 1.29 is 0 Å². The van der Waals surface area contributed by atoms with E-state index in [1.54, 1.807) is 0 Å². The zero-order chi connectivity index (χ0) is 6.10. The molecule has 1 aliphatic heterocycles. The molecule has 1 aliphatic carbocycles. The second-order valence-electron chi connectivity index (χ2n) is 2.70. The van der Waals surface area contributed by atoms with Crippen molar-refractivity contribution in [2.24, 2.45) is 5.92 Å². The largest absolute Gasteiger partial charge is 0.388 e. The van der Waals surface area contributed by atoms with Gasteiger partial charge >= 0.3 is 0 Å². The highest BCUT2D eigenvalue weighted by molar-refractivity contribution is 5.85. The minimum atomic E-state index is 0. The Hall–Kier alpha value is -0.430. The SMILES string of the molecule is C1=CCC2CCNC2=C1.Cl. The molecule has 2 heteroatoms. The van der Waals surface area contributed by atoms with Gasteiger partial charge < -0.3 is 5.32 Å². The van der Waals surface area contributed by atoms with Gasteiger partial charge in [0.25, 0.3) is 0 Å². The van der Waals surface area contributed by atoms with Crippen molar-refractivity contribution in [3.05, 3.63) is 23.9 Å². The fourth-order valence-corrected chi connectivity index (χ4v) is 1.54. The summed E-state index contributed by atoms with van der Waals surface area (Å²) in [6, 6.07) is 0. The number of hydrogen-bond donors (Lipinski definition) is 1. The third-order valence-electron chi connectivity index (χ3n) is 2.09. The molecule has 1 fully saturated rings. The van der Waals surface area contributed by atoms with Crippen LogP contribution in [0.2, 0.25) is 0 Å². The van der Waals surface area contributed by atoms with Gasteiger partial charge in [-0.1, -0.05) is 12.2 Å². The van der Waals surface area contributed by atoms with Gasteiger partial charge in [0.15, 0.2) is 0 Å². The topological polar surface area (TPSA) is 12.0 Å². The van der Waals surface area contributed by atoms with Gasteiger partial charge in [-0.2, -0.15) is 0 Å². The Balaban J connectivity index is 0.000000500. The van der Waals surface area contributed by atoms with E-state index in [0.29, 0.717) is 0 Å². The highest BCUT2D eigenvalue weighted by Crippen LogP contribution is 2.25. The van der Waals surface area contributed by atoms with Crippen LogP contribution >= 0.6 is 12.4 Å². The van der Waals surface area contributed by atoms with Crippen molar-refractivity contribution in [2.75, 3.05) is 6.54 Å². The van der Waals surface area contributed by atoms with Gasteiger partial charge in [0, 0.05) is 18.2 Å². The summed E-state index contributed by atoms with van der Waals surface area (Å²) in [5.41, 5.74) is 1.46. The standard InChI is InChI=1S/C8H11N.ClH/c1-2-4-8-7(3-1)5-6-9-8;/h1-2,4,7,9H,3,5-6H2;1H. The van der Waals surface area contributed by atoms with Crippen molar-refractivity contribution in [2.45, 2.75) is 12.8 Å². The third-order valence-corrected chi connectivity index (χ3v) is 2.09. The van der Waals surface area contributed by atoms with E-state index in [1.807, 2.05) is 0 Å². The lowest BCUT2D eigenvalue weighted by Gasteiger charge is -2.10. The predicted octanol–water partition coefficient (Wildman–Crippen LogP) is 1.86. The van der Waals surface area contributed by atoms with E-state index < -0.39 is 0 Å². The molecule has 56 valence electrons. The molecule has 0 saturated carbocycles. The van der Waals surface area contributed by atoms with Crippen LogP contribution in [0.4, 0.5) is 0 Å². The van der Waals surface area contributed by atoms with Crippen molar-refractivity contribution in [3.63, 3.8) is 0 Å². The van der Waals surface area contributed by atoms with Crippen LogP contribution in [0.25, 0.3) is 0 Å². The maximum atomic E-state index is 3.37. The first-order valence-corrected chi connectivity index (χ1v) is 3.57. The molecular weight excluding hydrogens is 146 g/mol. The summed E-state index contributed by atoms with van der Waals surface area (Å²) in [7, 11) is 0. The molecule has 1 atom stereocenters. The normalized spacial score (nSPS) is 28.0. The predicted molar refractivity (Wildman–Crippen MR) is 45.2 cm³/mol. The number of hydrogen-bond acceptors (Lipinski definition) is 1. The summed E-state index contributed by atoms with van der Waals surface area (Å²) in [5, 5.41) is 3.37. The molecule has 2 rings (SSSR count). The maximum Gasteiger partial charge on any atom is 0.0150 e. The molecule has 0 bridgehead atoms. The quantitative estimate of drug-likeness (QED) is 0.566. The molecule has 0 aromatic rings. The lowest BCUT2D eigenvalue weighted by molar-refractivity contribution is 0.646. The van der Waals surface area contributed by atoms with Crippen molar-refractivity contribution >= 4 is 12.4 Å². The fourth-order valence-electron chi connectivity index (χ4n) is 1.54. The Bertz CT molecular complexity index is 172. The number of halogens is 1. The number of fused-ring (bicyclic) bond motifs is 1. The molecule has 0 amide bonds. The first-order chi connectivity index (χ1) is 4.47. The van der Waals surface area contributed by atoms with Crippen LogP contribution in [-0.2, 0) is 0 Å². The Kier molecular flexibility index (Phi) is 2.39. The minimum Gasteiger partial charge on any atom is -0.388 e. The summed E-state index contributed by atoms with van der Waals surface area (Å²) < 4.78 is 0. The Labute approximate surface area is 67.6 Å². The Morgan fingerprint density at radius 1 is 1.50 bits per heavy atom. The highest BCUT2D eigenvalue weighted by atomic mass is 35.5. The fraction of sp³-hybridized carbons (Fsp3) is 0.500. The van der Waals surface area contributed by atoms with E-state index in [4.69, 9.17) is 0 Å². The van der Waals surface area contributed by atoms with Crippen LogP contribution in [0, 0.1) is 5.92 Å². The van der Waals surface area contributed by atoms with Crippen molar-refractivity contribution in [1.29, 1.82) is 0 Å². The van der Waals surface area contributed by atoms with Gasteiger partial charge in [-0.25, -0.2) is 0 Å². The Morgan fingerprint density at radius 3 is 3.20 bits per heavy atom. The smallest absolute Gasteiger partial charge is 0.0150 e. The van der Waals surface area contributed by atoms with Crippen molar-refractivity contribution in [1.82, 2.24) is 5.32 Å². The Morgan fingerprint density at radius 2 is 2.40 bits per heavy atom. The average molecular weight is 158 g/mol. The summed E-state index contributed by atoms with van der Waals surface area (Å²) in [6.45, 7) is 1.18. The molecule has 0 spiro atoms. The van der Waals surface area contributed by atoms with Crippen LogP contribution in [0.15, 0.2) is 23.9 Å². The van der Waals surface area contributed by atoms with Crippen LogP contribution in [0.1, 0.15) is 12.8 Å². The van der Waals surface area contributed by atoms with Gasteiger partial charge in [-0.3, -0.25) is 0 Å². The second-order valence-corrected chi connectivity index (χ2v) is 2.70. The molecule has 1 heterocycles. The molecule has 1 saturated heterocycles. The minimum absolute atomic E-state index is 0. The van der Waals surface area contributed by atoms with Gasteiger partial charge in [0.05, 0.1) is 0 Å². The van der Waals surface area contributed by atoms with E-state index in [9.17, 15) is 0 Å². The number of allylic oxidation sites excluding steroid dienone is 4. The van der Waals surface area contributed by atoms with E-state index in [-0.39, 0.29) is 12.4 Å². The maximum absolute atomic E-state index is 3.37. The van der Waals surface area contributed by atoms with Gasteiger partial charge in [0.1, 0.15) is 0 Å². The zero-order valence-corrected chi connectivity index (χ0v) is 6.66. The zero-order valence-electron chi connectivity index (χ0n) is 5.84. The lowest BCUT2D eigenvalue weighted by atomic mass is 9.97. The second kappa shape index (κ2) is 3.11. The van der Waals surface area contributed by atoms with E-state index >= 15 is 0 Å².